The third-order valence-corrected chi connectivity index (χ3v) is 4.74. The molecule has 0 N–H and O–H groups in total. The van der Waals surface area contributed by atoms with Gasteiger partial charge in [-0.05, 0) is 24.1 Å². The smallest absolute Gasteiger partial charge is 0.290 e. The number of carbonyl (C=O) groups excluding carboxylic acids is 1. The highest BCUT2D eigenvalue weighted by Gasteiger charge is 2.42. The molecule has 126 valence electrons. The fraction of sp³-hybridized carbons (Fsp3) is 0.238. The van der Waals surface area contributed by atoms with Crippen molar-refractivity contribution in [3.8, 4) is 0 Å². The molecule has 4 heteroatoms. The van der Waals surface area contributed by atoms with E-state index >= 15 is 0 Å². The van der Waals surface area contributed by atoms with Gasteiger partial charge in [-0.25, -0.2) is 0 Å². The molecule has 1 aromatic heterocycles. The molecule has 25 heavy (non-hydrogen) atoms. The molecule has 0 radical (unpaired) electrons. The van der Waals surface area contributed by atoms with Gasteiger partial charge in [0.05, 0.1) is 17.0 Å². The van der Waals surface area contributed by atoms with E-state index in [1.54, 1.807) is 23.1 Å². The largest absolute Gasteiger partial charge is 0.450 e. The third kappa shape index (κ3) is 2.45. The van der Waals surface area contributed by atoms with Crippen molar-refractivity contribution in [3.63, 3.8) is 0 Å². The predicted molar refractivity (Wildman–Crippen MR) is 96.7 cm³/mol. The van der Waals surface area contributed by atoms with Gasteiger partial charge in [0.25, 0.3) is 5.91 Å². The molecule has 1 aliphatic rings. The van der Waals surface area contributed by atoms with Gasteiger partial charge in [-0.1, -0.05) is 55.8 Å². The molecule has 2 aromatic carbocycles. The number of para-hydroxylation sites is 1. The maximum atomic E-state index is 13.1. The van der Waals surface area contributed by atoms with Crippen LogP contribution in [-0.2, 0) is 0 Å². The third-order valence-electron chi connectivity index (χ3n) is 4.74. The van der Waals surface area contributed by atoms with Gasteiger partial charge in [0, 0.05) is 6.54 Å². The molecule has 4 rings (SSSR count). The first kappa shape index (κ1) is 15.6. The van der Waals surface area contributed by atoms with Crippen LogP contribution in [0.4, 0.5) is 0 Å². The van der Waals surface area contributed by atoms with Crippen molar-refractivity contribution in [2.75, 3.05) is 6.54 Å². The average Bonchev–Trinajstić information content (AvgIpc) is 2.93. The molecular weight excluding hydrogens is 314 g/mol. The van der Waals surface area contributed by atoms with E-state index in [9.17, 15) is 9.59 Å². The zero-order chi connectivity index (χ0) is 17.4. The first-order valence-electron chi connectivity index (χ1n) is 8.64. The van der Waals surface area contributed by atoms with Crippen molar-refractivity contribution < 1.29 is 9.21 Å². The first-order valence-corrected chi connectivity index (χ1v) is 8.64. The summed E-state index contributed by atoms with van der Waals surface area (Å²) in [4.78, 5) is 27.9. The molecule has 1 atom stereocenters. The lowest BCUT2D eigenvalue weighted by Gasteiger charge is -2.24. The molecule has 4 nitrogen and oxygen atoms in total. The van der Waals surface area contributed by atoms with Crippen LogP contribution in [0.25, 0.3) is 11.0 Å². The molecule has 1 unspecified atom stereocenters. The number of amides is 1. The first-order chi connectivity index (χ1) is 12.2. The second-order valence-electron chi connectivity index (χ2n) is 6.34. The Bertz CT molecular complexity index is 991. The molecule has 2 heterocycles. The minimum absolute atomic E-state index is 0.113. The summed E-state index contributed by atoms with van der Waals surface area (Å²) in [5.41, 5.74) is 1.75. The Kier molecular flexibility index (Phi) is 3.88. The van der Waals surface area contributed by atoms with E-state index in [0.29, 0.717) is 23.1 Å². The van der Waals surface area contributed by atoms with Crippen LogP contribution in [0.5, 0.6) is 0 Å². The van der Waals surface area contributed by atoms with Gasteiger partial charge in [0.15, 0.2) is 5.43 Å². The zero-order valence-corrected chi connectivity index (χ0v) is 14.1. The summed E-state index contributed by atoms with van der Waals surface area (Å²) in [5, 5.41) is 0.521. The van der Waals surface area contributed by atoms with Crippen LogP contribution in [0.2, 0.25) is 0 Å². The number of rotatable bonds is 4. The Labute approximate surface area is 145 Å². The Morgan fingerprint density at radius 2 is 1.72 bits per heavy atom. The molecule has 0 bridgehead atoms. The van der Waals surface area contributed by atoms with E-state index in [1.165, 1.54) is 0 Å². The summed E-state index contributed by atoms with van der Waals surface area (Å²) in [5.74, 6) is -0.00573. The quantitative estimate of drug-likeness (QED) is 0.721. The molecule has 0 saturated carbocycles. The monoisotopic (exact) mass is 333 g/mol. The average molecular weight is 333 g/mol. The Hall–Kier alpha value is -2.88. The molecule has 0 fully saturated rings. The minimum atomic E-state index is -0.379. The van der Waals surface area contributed by atoms with Crippen molar-refractivity contribution in [2.24, 2.45) is 0 Å². The van der Waals surface area contributed by atoms with Crippen molar-refractivity contribution in [2.45, 2.75) is 25.8 Å². The van der Waals surface area contributed by atoms with Gasteiger partial charge in [-0.15, -0.1) is 0 Å². The molecule has 0 spiro atoms. The normalized spacial score (nSPS) is 16.4. The fourth-order valence-electron chi connectivity index (χ4n) is 3.51. The Balaban J connectivity index is 1.97. The van der Waals surface area contributed by atoms with Gasteiger partial charge in [0.2, 0.25) is 5.76 Å². The number of unbranched alkanes of at least 4 members (excludes halogenated alkanes) is 1. The van der Waals surface area contributed by atoms with Crippen LogP contribution in [0.1, 0.15) is 47.5 Å². The highest BCUT2D eigenvalue weighted by molar-refractivity contribution is 5.99. The number of carbonyl (C=O) groups is 1. The summed E-state index contributed by atoms with van der Waals surface area (Å²) in [6.45, 7) is 2.69. The van der Waals surface area contributed by atoms with Gasteiger partial charge in [-0.3, -0.25) is 9.59 Å². The summed E-state index contributed by atoms with van der Waals surface area (Å²) in [6.07, 6.45) is 1.86. The Morgan fingerprint density at radius 1 is 1.00 bits per heavy atom. The summed E-state index contributed by atoms with van der Waals surface area (Å²) >= 11 is 0. The van der Waals surface area contributed by atoms with E-state index < -0.39 is 0 Å². The van der Waals surface area contributed by atoms with E-state index in [-0.39, 0.29) is 23.1 Å². The predicted octanol–water partition coefficient (Wildman–Crippen LogP) is 4.14. The number of fused-ring (bicyclic) bond motifs is 2. The molecular formula is C21H19NO3. The van der Waals surface area contributed by atoms with Gasteiger partial charge < -0.3 is 9.32 Å². The molecule has 0 saturated heterocycles. The highest BCUT2D eigenvalue weighted by atomic mass is 16.3. The van der Waals surface area contributed by atoms with Gasteiger partial charge in [0.1, 0.15) is 5.58 Å². The molecule has 3 aromatic rings. The van der Waals surface area contributed by atoms with E-state index in [2.05, 4.69) is 6.92 Å². The SMILES string of the molecule is CCCCN1C(=O)c2oc3ccccc3c(=O)c2C1c1ccccc1. The number of hydrogen-bond donors (Lipinski definition) is 0. The molecule has 1 amide bonds. The number of benzene rings is 2. The second kappa shape index (κ2) is 6.20. The number of nitrogens with zero attached hydrogens (tertiary/aromatic N) is 1. The highest BCUT2D eigenvalue weighted by Crippen LogP contribution is 2.38. The van der Waals surface area contributed by atoms with Crippen LogP contribution >= 0.6 is 0 Å². The van der Waals surface area contributed by atoms with E-state index in [0.717, 1.165) is 18.4 Å². The Morgan fingerprint density at radius 3 is 2.48 bits per heavy atom. The van der Waals surface area contributed by atoms with Crippen LogP contribution in [0, 0.1) is 0 Å². The lowest BCUT2D eigenvalue weighted by molar-refractivity contribution is 0.0725. The summed E-state index contributed by atoms with van der Waals surface area (Å²) in [6, 6.07) is 16.4. The van der Waals surface area contributed by atoms with Crippen LogP contribution in [0.3, 0.4) is 0 Å². The summed E-state index contributed by atoms with van der Waals surface area (Å²) < 4.78 is 5.87. The van der Waals surface area contributed by atoms with E-state index in [1.807, 2.05) is 36.4 Å². The maximum Gasteiger partial charge on any atom is 0.290 e. The van der Waals surface area contributed by atoms with Crippen molar-refractivity contribution >= 4 is 16.9 Å². The number of hydrogen-bond acceptors (Lipinski definition) is 3. The molecule has 1 aliphatic heterocycles. The lowest BCUT2D eigenvalue weighted by Crippen LogP contribution is -2.30. The minimum Gasteiger partial charge on any atom is -0.450 e. The standard InChI is InChI=1S/C21H19NO3/c1-2-3-13-22-18(14-9-5-4-6-10-14)17-19(23)15-11-7-8-12-16(15)25-20(17)21(22)24/h4-12,18H,2-3,13H2,1H3. The van der Waals surface area contributed by atoms with E-state index in [4.69, 9.17) is 4.42 Å². The van der Waals surface area contributed by atoms with Crippen molar-refractivity contribution in [1.29, 1.82) is 0 Å². The van der Waals surface area contributed by atoms with Gasteiger partial charge in [-0.2, -0.15) is 0 Å². The van der Waals surface area contributed by atoms with Crippen LogP contribution in [-0.4, -0.2) is 17.4 Å². The fourth-order valence-corrected chi connectivity index (χ4v) is 3.51. The second-order valence-corrected chi connectivity index (χ2v) is 6.34. The van der Waals surface area contributed by atoms with Crippen LogP contribution in [0.15, 0.2) is 63.8 Å². The van der Waals surface area contributed by atoms with Crippen LogP contribution < -0.4 is 5.43 Å². The van der Waals surface area contributed by atoms with Crippen molar-refractivity contribution in [1.82, 2.24) is 4.90 Å². The maximum absolute atomic E-state index is 13.1. The van der Waals surface area contributed by atoms with Crippen molar-refractivity contribution in [3.05, 3.63) is 81.7 Å². The zero-order valence-electron chi connectivity index (χ0n) is 14.1. The topological polar surface area (TPSA) is 50.5 Å². The summed E-state index contributed by atoms with van der Waals surface area (Å²) in [7, 11) is 0. The lowest BCUT2D eigenvalue weighted by atomic mass is 9.98. The van der Waals surface area contributed by atoms with Gasteiger partial charge >= 0.3 is 0 Å². The molecule has 0 aliphatic carbocycles.